The smallest absolute Gasteiger partial charge is 0.309 e. The van der Waals surface area contributed by atoms with Gasteiger partial charge in [0.15, 0.2) is 0 Å². The predicted octanol–water partition coefficient (Wildman–Crippen LogP) is 3.94. The number of carbonyl (C=O) groups excluding carboxylic acids is 1. The highest BCUT2D eigenvalue weighted by Gasteiger charge is 2.09. The van der Waals surface area contributed by atoms with Crippen molar-refractivity contribution in [1.82, 2.24) is 0 Å². The lowest BCUT2D eigenvalue weighted by atomic mass is 10.1. The van der Waals surface area contributed by atoms with Gasteiger partial charge in [0.2, 0.25) is 0 Å². The van der Waals surface area contributed by atoms with Crippen LogP contribution in [0.1, 0.15) is 16.7 Å². The molecule has 110 valence electrons. The summed E-state index contributed by atoms with van der Waals surface area (Å²) in [5, 5.41) is 0.575. The zero-order valence-corrected chi connectivity index (χ0v) is 12.8. The van der Waals surface area contributed by atoms with Crippen LogP contribution in [0.15, 0.2) is 42.5 Å². The first-order valence-corrected chi connectivity index (χ1v) is 7.00. The normalized spacial score (nSPS) is 10.2. The monoisotopic (exact) mass is 304 g/mol. The number of ether oxygens (including phenoxy) is 2. The van der Waals surface area contributed by atoms with Gasteiger partial charge < -0.3 is 9.47 Å². The lowest BCUT2D eigenvalue weighted by Gasteiger charge is -2.12. The van der Waals surface area contributed by atoms with Gasteiger partial charge in [0.1, 0.15) is 12.4 Å². The van der Waals surface area contributed by atoms with Crippen LogP contribution in [-0.2, 0) is 22.6 Å². The van der Waals surface area contributed by atoms with E-state index in [0.717, 1.165) is 16.7 Å². The zero-order valence-electron chi connectivity index (χ0n) is 12.1. The maximum Gasteiger partial charge on any atom is 0.309 e. The van der Waals surface area contributed by atoms with Crippen molar-refractivity contribution in [2.24, 2.45) is 0 Å². The number of aryl methyl sites for hydroxylation is 1. The molecule has 0 saturated carbocycles. The molecule has 0 atom stereocenters. The molecular formula is C17H17ClO3. The lowest BCUT2D eigenvalue weighted by Crippen LogP contribution is -2.08. The third-order valence-electron chi connectivity index (χ3n) is 3.15. The third-order valence-corrected chi connectivity index (χ3v) is 3.46. The Balaban J connectivity index is 2.13. The van der Waals surface area contributed by atoms with E-state index in [2.05, 4.69) is 0 Å². The van der Waals surface area contributed by atoms with Gasteiger partial charge in [-0.15, -0.1) is 0 Å². The van der Waals surface area contributed by atoms with Crippen molar-refractivity contribution in [2.45, 2.75) is 20.0 Å². The molecule has 0 aliphatic heterocycles. The van der Waals surface area contributed by atoms with Gasteiger partial charge in [0.05, 0.1) is 18.6 Å². The Kier molecular flexibility index (Phi) is 5.23. The van der Waals surface area contributed by atoms with Crippen LogP contribution < -0.4 is 4.74 Å². The van der Waals surface area contributed by atoms with Gasteiger partial charge in [-0.2, -0.15) is 0 Å². The number of benzene rings is 2. The highest BCUT2D eigenvalue weighted by molar-refractivity contribution is 6.32. The Labute approximate surface area is 129 Å². The van der Waals surface area contributed by atoms with Crippen LogP contribution in [-0.4, -0.2) is 13.1 Å². The standard InChI is InChI=1S/C17H17ClO3/c1-12-7-8-15(18)16(9-12)21-11-14-6-4-3-5-13(14)10-17(19)20-2/h3-9H,10-11H2,1-2H3. The summed E-state index contributed by atoms with van der Waals surface area (Å²) in [4.78, 5) is 11.4. The molecule has 0 aromatic heterocycles. The van der Waals surface area contributed by atoms with E-state index in [1.54, 1.807) is 0 Å². The van der Waals surface area contributed by atoms with Crippen LogP contribution in [0.2, 0.25) is 5.02 Å². The Morgan fingerprint density at radius 1 is 1.14 bits per heavy atom. The van der Waals surface area contributed by atoms with Crippen LogP contribution in [0.5, 0.6) is 5.75 Å². The molecule has 0 aliphatic rings. The Hall–Kier alpha value is -2.00. The van der Waals surface area contributed by atoms with Gasteiger partial charge in [-0.1, -0.05) is 41.9 Å². The second-order valence-electron chi connectivity index (χ2n) is 4.74. The molecule has 0 aliphatic carbocycles. The van der Waals surface area contributed by atoms with Crippen LogP contribution in [0, 0.1) is 6.92 Å². The van der Waals surface area contributed by atoms with Crippen LogP contribution in [0.25, 0.3) is 0 Å². The summed E-state index contributed by atoms with van der Waals surface area (Å²) in [5.41, 5.74) is 2.92. The predicted molar refractivity (Wildman–Crippen MR) is 82.7 cm³/mol. The summed E-state index contributed by atoms with van der Waals surface area (Å²) in [5.74, 6) is 0.376. The van der Waals surface area contributed by atoms with Crippen molar-refractivity contribution in [1.29, 1.82) is 0 Å². The van der Waals surface area contributed by atoms with Crippen molar-refractivity contribution in [2.75, 3.05) is 7.11 Å². The second kappa shape index (κ2) is 7.14. The Morgan fingerprint density at radius 3 is 2.57 bits per heavy atom. The molecule has 2 rings (SSSR count). The summed E-state index contributed by atoms with van der Waals surface area (Å²) in [6.45, 7) is 2.34. The molecule has 2 aromatic carbocycles. The number of hydrogen-bond acceptors (Lipinski definition) is 3. The molecule has 0 bridgehead atoms. The highest BCUT2D eigenvalue weighted by atomic mass is 35.5. The lowest BCUT2D eigenvalue weighted by molar-refractivity contribution is -0.139. The van der Waals surface area contributed by atoms with Crippen molar-refractivity contribution in [3.05, 3.63) is 64.2 Å². The number of rotatable bonds is 5. The molecule has 0 unspecified atom stereocenters. The molecule has 3 nitrogen and oxygen atoms in total. The summed E-state index contributed by atoms with van der Waals surface area (Å²) < 4.78 is 10.5. The maximum atomic E-state index is 11.4. The highest BCUT2D eigenvalue weighted by Crippen LogP contribution is 2.26. The third kappa shape index (κ3) is 4.23. The van der Waals surface area contributed by atoms with Gasteiger partial charge in [-0.3, -0.25) is 4.79 Å². The first-order chi connectivity index (χ1) is 10.1. The summed E-state index contributed by atoms with van der Waals surface area (Å²) in [7, 11) is 1.38. The molecule has 4 heteroatoms. The van der Waals surface area contributed by atoms with Gasteiger partial charge in [-0.05, 0) is 35.7 Å². The average molecular weight is 305 g/mol. The summed E-state index contributed by atoms with van der Waals surface area (Å²) in [6.07, 6.45) is 0.234. The fraction of sp³-hybridized carbons (Fsp3) is 0.235. The number of methoxy groups -OCH3 is 1. The topological polar surface area (TPSA) is 35.5 Å². The molecule has 21 heavy (non-hydrogen) atoms. The molecule has 0 saturated heterocycles. The first kappa shape index (κ1) is 15.4. The van der Waals surface area contributed by atoms with E-state index in [-0.39, 0.29) is 12.4 Å². The molecule has 0 heterocycles. The molecule has 0 amide bonds. The van der Waals surface area contributed by atoms with Crippen molar-refractivity contribution >= 4 is 17.6 Å². The number of halogens is 1. The minimum Gasteiger partial charge on any atom is -0.487 e. The molecule has 0 fully saturated rings. The first-order valence-electron chi connectivity index (χ1n) is 6.62. The molecule has 0 spiro atoms. The summed E-state index contributed by atoms with van der Waals surface area (Å²) >= 11 is 6.11. The van der Waals surface area contributed by atoms with Gasteiger partial charge in [0.25, 0.3) is 0 Å². The molecule has 2 aromatic rings. The fourth-order valence-corrected chi connectivity index (χ4v) is 2.15. The van der Waals surface area contributed by atoms with Gasteiger partial charge in [0, 0.05) is 0 Å². The van der Waals surface area contributed by atoms with E-state index < -0.39 is 0 Å². The Morgan fingerprint density at radius 2 is 1.86 bits per heavy atom. The largest absolute Gasteiger partial charge is 0.487 e. The Bertz CT molecular complexity index is 638. The number of carbonyl (C=O) groups is 1. The fourth-order valence-electron chi connectivity index (χ4n) is 1.98. The number of esters is 1. The summed E-state index contributed by atoms with van der Waals surface area (Å²) in [6, 6.07) is 13.3. The quantitative estimate of drug-likeness (QED) is 0.785. The van der Waals surface area contributed by atoms with E-state index in [0.29, 0.717) is 17.4 Å². The zero-order chi connectivity index (χ0) is 15.2. The average Bonchev–Trinajstić information content (AvgIpc) is 2.49. The van der Waals surface area contributed by atoms with E-state index in [9.17, 15) is 4.79 Å². The van der Waals surface area contributed by atoms with Crippen molar-refractivity contribution in [3.8, 4) is 5.75 Å². The second-order valence-corrected chi connectivity index (χ2v) is 5.15. The van der Waals surface area contributed by atoms with Crippen molar-refractivity contribution < 1.29 is 14.3 Å². The van der Waals surface area contributed by atoms with Crippen LogP contribution >= 0.6 is 11.6 Å². The minimum atomic E-state index is -0.268. The van der Waals surface area contributed by atoms with Crippen molar-refractivity contribution in [3.63, 3.8) is 0 Å². The molecule has 0 radical (unpaired) electrons. The molecular weight excluding hydrogens is 288 g/mol. The maximum absolute atomic E-state index is 11.4. The van der Waals surface area contributed by atoms with E-state index in [1.807, 2.05) is 49.4 Å². The van der Waals surface area contributed by atoms with Crippen LogP contribution in [0.4, 0.5) is 0 Å². The number of hydrogen-bond donors (Lipinski definition) is 0. The van der Waals surface area contributed by atoms with E-state index >= 15 is 0 Å². The molecule has 0 N–H and O–H groups in total. The van der Waals surface area contributed by atoms with E-state index in [4.69, 9.17) is 21.1 Å². The van der Waals surface area contributed by atoms with Crippen LogP contribution in [0.3, 0.4) is 0 Å². The van der Waals surface area contributed by atoms with Gasteiger partial charge >= 0.3 is 5.97 Å². The van der Waals surface area contributed by atoms with E-state index in [1.165, 1.54) is 7.11 Å². The minimum absolute atomic E-state index is 0.234. The SMILES string of the molecule is COC(=O)Cc1ccccc1COc1cc(C)ccc1Cl. The van der Waals surface area contributed by atoms with Gasteiger partial charge in [-0.25, -0.2) is 0 Å².